The van der Waals surface area contributed by atoms with E-state index in [-0.39, 0.29) is 12.8 Å². The first-order valence-electron chi connectivity index (χ1n) is 3.10. The lowest BCUT2D eigenvalue weighted by Crippen LogP contribution is -2.45. The van der Waals surface area contributed by atoms with Crippen molar-refractivity contribution in [1.29, 1.82) is 0 Å². The summed E-state index contributed by atoms with van der Waals surface area (Å²) in [6, 6.07) is 0. The summed E-state index contributed by atoms with van der Waals surface area (Å²) in [5, 5.41) is 16.6. The SMILES string of the molecule is C[C@@](N)(CCC(=O)O)C(=O)O. The molecule has 0 spiro atoms. The molecule has 0 aromatic rings. The number of carboxylic acid groups (broad SMARTS) is 2. The minimum Gasteiger partial charge on any atom is -0.481 e. The van der Waals surface area contributed by atoms with Crippen molar-refractivity contribution in [2.75, 3.05) is 0 Å². The van der Waals surface area contributed by atoms with Gasteiger partial charge in [-0.25, -0.2) is 0 Å². The normalized spacial score (nSPS) is 15.5. The highest BCUT2D eigenvalue weighted by molar-refractivity contribution is 5.78. The maximum absolute atomic E-state index is 10.3. The topological polar surface area (TPSA) is 101 Å². The summed E-state index contributed by atoms with van der Waals surface area (Å²) < 4.78 is 0. The smallest absolute Gasteiger partial charge is 0.323 e. The van der Waals surface area contributed by atoms with Crippen molar-refractivity contribution in [3.8, 4) is 0 Å². The maximum Gasteiger partial charge on any atom is 0.323 e. The van der Waals surface area contributed by atoms with Gasteiger partial charge in [-0.05, 0) is 13.3 Å². The van der Waals surface area contributed by atoms with Gasteiger partial charge in [0.15, 0.2) is 0 Å². The standard InChI is InChI=1S/C6H11NO4/c1-6(7,5(10)11)3-2-4(8)9/h2-3,7H2,1H3,(H,8,9)(H,10,11)/t6-/m1/s1. The van der Waals surface area contributed by atoms with Gasteiger partial charge in [0.1, 0.15) is 5.54 Å². The second-order valence-corrected chi connectivity index (χ2v) is 2.62. The maximum atomic E-state index is 10.3. The second kappa shape index (κ2) is 3.34. The van der Waals surface area contributed by atoms with Gasteiger partial charge in [-0.1, -0.05) is 0 Å². The van der Waals surface area contributed by atoms with Gasteiger partial charge in [-0.15, -0.1) is 0 Å². The molecule has 0 rings (SSSR count). The van der Waals surface area contributed by atoms with E-state index in [1.807, 2.05) is 0 Å². The van der Waals surface area contributed by atoms with Gasteiger partial charge in [-0.3, -0.25) is 9.59 Å². The third-order valence-corrected chi connectivity index (χ3v) is 1.35. The van der Waals surface area contributed by atoms with Crippen LogP contribution in [0.2, 0.25) is 0 Å². The first kappa shape index (κ1) is 9.90. The van der Waals surface area contributed by atoms with Crippen molar-refractivity contribution < 1.29 is 19.8 Å². The molecule has 4 N–H and O–H groups in total. The van der Waals surface area contributed by atoms with Gasteiger partial charge in [0.2, 0.25) is 0 Å². The Labute approximate surface area is 63.8 Å². The average molecular weight is 161 g/mol. The first-order valence-corrected chi connectivity index (χ1v) is 3.10. The highest BCUT2D eigenvalue weighted by Crippen LogP contribution is 2.08. The summed E-state index contributed by atoms with van der Waals surface area (Å²) in [4.78, 5) is 20.3. The van der Waals surface area contributed by atoms with E-state index in [1.54, 1.807) is 0 Å². The van der Waals surface area contributed by atoms with Crippen LogP contribution in [-0.4, -0.2) is 27.7 Å². The van der Waals surface area contributed by atoms with Crippen LogP contribution in [0.5, 0.6) is 0 Å². The molecule has 0 aliphatic carbocycles. The Morgan fingerprint density at radius 3 is 2.18 bits per heavy atom. The van der Waals surface area contributed by atoms with E-state index >= 15 is 0 Å². The minimum absolute atomic E-state index is 0.0579. The summed E-state index contributed by atoms with van der Waals surface area (Å²) in [6.45, 7) is 1.29. The minimum atomic E-state index is -1.43. The zero-order chi connectivity index (χ0) is 9.07. The number of rotatable bonds is 4. The van der Waals surface area contributed by atoms with Gasteiger partial charge in [-0.2, -0.15) is 0 Å². The molecule has 0 fully saturated rings. The molecule has 5 nitrogen and oxygen atoms in total. The van der Waals surface area contributed by atoms with Crippen LogP contribution in [0.25, 0.3) is 0 Å². The fourth-order valence-electron chi connectivity index (χ4n) is 0.474. The fourth-order valence-corrected chi connectivity index (χ4v) is 0.474. The van der Waals surface area contributed by atoms with E-state index in [1.165, 1.54) is 6.92 Å². The molecule has 0 unspecified atom stereocenters. The molecule has 0 aromatic carbocycles. The largest absolute Gasteiger partial charge is 0.481 e. The number of nitrogens with two attached hydrogens (primary N) is 1. The first-order chi connectivity index (χ1) is 4.86. The lowest BCUT2D eigenvalue weighted by Gasteiger charge is -2.16. The van der Waals surface area contributed by atoms with E-state index < -0.39 is 17.5 Å². The number of hydrogen-bond donors (Lipinski definition) is 3. The van der Waals surface area contributed by atoms with Crippen molar-refractivity contribution in [3.05, 3.63) is 0 Å². The van der Waals surface area contributed by atoms with E-state index in [0.717, 1.165) is 0 Å². The van der Waals surface area contributed by atoms with Crippen LogP contribution < -0.4 is 5.73 Å². The van der Waals surface area contributed by atoms with Crippen LogP contribution in [0.4, 0.5) is 0 Å². The summed E-state index contributed by atoms with van der Waals surface area (Å²) in [5.41, 5.74) is 3.81. The Balaban J connectivity index is 3.92. The van der Waals surface area contributed by atoms with Crippen molar-refractivity contribution in [2.45, 2.75) is 25.3 Å². The summed E-state index contributed by atoms with van der Waals surface area (Å²) >= 11 is 0. The monoisotopic (exact) mass is 161 g/mol. The van der Waals surface area contributed by atoms with Crippen molar-refractivity contribution in [2.24, 2.45) is 5.73 Å². The molecule has 5 heteroatoms. The van der Waals surface area contributed by atoms with E-state index in [2.05, 4.69) is 0 Å². The zero-order valence-corrected chi connectivity index (χ0v) is 6.20. The highest BCUT2D eigenvalue weighted by atomic mass is 16.4. The van der Waals surface area contributed by atoms with Crippen LogP contribution >= 0.6 is 0 Å². The Morgan fingerprint density at radius 1 is 1.45 bits per heavy atom. The summed E-state index contributed by atoms with van der Waals surface area (Å²) in [7, 11) is 0. The second-order valence-electron chi connectivity index (χ2n) is 2.62. The van der Waals surface area contributed by atoms with Crippen LogP contribution in [0.15, 0.2) is 0 Å². The Morgan fingerprint density at radius 2 is 1.91 bits per heavy atom. The van der Waals surface area contributed by atoms with Gasteiger partial charge in [0, 0.05) is 6.42 Å². The summed E-state index contributed by atoms with van der Waals surface area (Å²) in [6.07, 6.45) is -0.281. The Bertz CT molecular complexity index is 175. The molecule has 0 aliphatic rings. The zero-order valence-electron chi connectivity index (χ0n) is 6.20. The van der Waals surface area contributed by atoms with E-state index in [0.29, 0.717) is 0 Å². The molecule has 11 heavy (non-hydrogen) atoms. The van der Waals surface area contributed by atoms with E-state index in [9.17, 15) is 9.59 Å². The third kappa shape index (κ3) is 3.57. The molecule has 1 atom stereocenters. The molecule has 64 valence electrons. The van der Waals surface area contributed by atoms with Gasteiger partial charge >= 0.3 is 11.9 Å². The quantitative estimate of drug-likeness (QED) is 0.523. The van der Waals surface area contributed by atoms with Crippen LogP contribution in [0.1, 0.15) is 19.8 Å². The molecular weight excluding hydrogens is 150 g/mol. The predicted octanol–water partition coefficient (Wildman–Crippen LogP) is -0.347. The summed E-state index contributed by atoms with van der Waals surface area (Å²) in [5.74, 6) is -2.22. The van der Waals surface area contributed by atoms with Crippen molar-refractivity contribution in [3.63, 3.8) is 0 Å². The predicted molar refractivity (Wildman–Crippen MR) is 37.1 cm³/mol. The number of carboxylic acids is 2. The average Bonchev–Trinajstić information content (AvgIpc) is 1.84. The lowest BCUT2D eigenvalue weighted by atomic mass is 9.98. The molecule has 0 amide bonds. The van der Waals surface area contributed by atoms with Crippen LogP contribution in [-0.2, 0) is 9.59 Å². The molecule has 0 radical (unpaired) electrons. The molecule has 0 saturated heterocycles. The van der Waals surface area contributed by atoms with Gasteiger partial charge in [0.25, 0.3) is 0 Å². The lowest BCUT2D eigenvalue weighted by molar-refractivity contribution is -0.143. The van der Waals surface area contributed by atoms with Crippen LogP contribution in [0, 0.1) is 0 Å². The fraction of sp³-hybridized carbons (Fsp3) is 0.667. The van der Waals surface area contributed by atoms with Crippen LogP contribution in [0.3, 0.4) is 0 Å². The van der Waals surface area contributed by atoms with Gasteiger partial charge in [0.05, 0.1) is 0 Å². The van der Waals surface area contributed by atoms with Crippen molar-refractivity contribution >= 4 is 11.9 Å². The third-order valence-electron chi connectivity index (χ3n) is 1.35. The number of hydrogen-bond acceptors (Lipinski definition) is 3. The van der Waals surface area contributed by atoms with Crippen molar-refractivity contribution in [1.82, 2.24) is 0 Å². The molecule has 0 bridgehead atoms. The molecular formula is C6H11NO4. The Hall–Kier alpha value is -1.10. The molecule has 0 aliphatic heterocycles. The number of aliphatic carboxylic acids is 2. The Kier molecular flexibility index (Phi) is 3.00. The van der Waals surface area contributed by atoms with Gasteiger partial charge < -0.3 is 15.9 Å². The number of carbonyl (C=O) groups is 2. The molecule has 0 aromatic heterocycles. The van der Waals surface area contributed by atoms with E-state index in [4.69, 9.17) is 15.9 Å². The molecule has 0 saturated carbocycles. The molecule has 0 heterocycles. The highest BCUT2D eigenvalue weighted by Gasteiger charge is 2.27.